The van der Waals surface area contributed by atoms with Crippen LogP contribution in [-0.4, -0.2) is 30.8 Å². The number of nitriles is 1. The summed E-state index contributed by atoms with van der Waals surface area (Å²) in [6, 6.07) is 10.7. The van der Waals surface area contributed by atoms with Crippen molar-refractivity contribution in [1.29, 1.82) is 5.26 Å². The van der Waals surface area contributed by atoms with Crippen LogP contribution in [0.2, 0.25) is 0 Å². The second kappa shape index (κ2) is 6.66. The maximum Gasteiger partial charge on any atom is 0.245 e. The van der Waals surface area contributed by atoms with Gasteiger partial charge in [0.15, 0.2) is 0 Å². The van der Waals surface area contributed by atoms with Crippen LogP contribution in [0.5, 0.6) is 0 Å². The van der Waals surface area contributed by atoms with Gasteiger partial charge in [0, 0.05) is 31.1 Å². The number of rotatable bonds is 6. The first-order valence-electron chi connectivity index (χ1n) is 6.82. The summed E-state index contributed by atoms with van der Waals surface area (Å²) < 4.78 is 27.0. The molecule has 0 aliphatic rings. The first-order valence-corrected chi connectivity index (χ1v) is 8.26. The Bertz CT molecular complexity index is 761. The highest BCUT2D eigenvalue weighted by Gasteiger charge is 2.25. The standard InChI is InChI=1S/C15H17N3O2S/c1-2-11-18(12-5-9-16)21(19,20)14-8-3-6-13-7-4-10-17-15(13)14/h3-4,6-8,10H,2,5,11-12H2,1H3. The van der Waals surface area contributed by atoms with Crippen LogP contribution in [0.3, 0.4) is 0 Å². The van der Waals surface area contributed by atoms with Gasteiger partial charge in [0.05, 0.1) is 11.6 Å². The average Bonchev–Trinajstić information content (AvgIpc) is 2.50. The summed E-state index contributed by atoms with van der Waals surface area (Å²) >= 11 is 0. The molecule has 0 radical (unpaired) electrons. The Hall–Kier alpha value is -1.97. The Morgan fingerprint density at radius 1 is 1.24 bits per heavy atom. The van der Waals surface area contributed by atoms with Crippen LogP contribution in [0.25, 0.3) is 10.9 Å². The minimum atomic E-state index is -3.64. The van der Waals surface area contributed by atoms with Crippen LogP contribution in [0, 0.1) is 11.3 Å². The van der Waals surface area contributed by atoms with E-state index in [0.29, 0.717) is 18.5 Å². The van der Waals surface area contributed by atoms with Gasteiger partial charge in [0.25, 0.3) is 0 Å². The molecule has 1 aromatic heterocycles. The fourth-order valence-corrected chi connectivity index (χ4v) is 3.90. The lowest BCUT2D eigenvalue weighted by atomic mass is 10.2. The van der Waals surface area contributed by atoms with Crippen LogP contribution < -0.4 is 0 Å². The van der Waals surface area contributed by atoms with E-state index in [0.717, 1.165) is 5.39 Å². The van der Waals surface area contributed by atoms with E-state index >= 15 is 0 Å². The first-order chi connectivity index (χ1) is 10.1. The van der Waals surface area contributed by atoms with Gasteiger partial charge < -0.3 is 0 Å². The number of benzene rings is 1. The quantitative estimate of drug-likeness (QED) is 0.822. The van der Waals surface area contributed by atoms with Gasteiger partial charge in [-0.1, -0.05) is 25.1 Å². The fourth-order valence-electron chi connectivity index (χ4n) is 2.20. The molecular formula is C15H17N3O2S. The van der Waals surface area contributed by atoms with Crippen molar-refractivity contribution in [3.8, 4) is 6.07 Å². The highest BCUT2D eigenvalue weighted by molar-refractivity contribution is 7.89. The Balaban J connectivity index is 2.52. The van der Waals surface area contributed by atoms with E-state index in [2.05, 4.69) is 4.98 Å². The molecule has 21 heavy (non-hydrogen) atoms. The summed E-state index contributed by atoms with van der Waals surface area (Å²) in [5, 5.41) is 9.49. The van der Waals surface area contributed by atoms with Crippen molar-refractivity contribution < 1.29 is 8.42 Å². The summed E-state index contributed by atoms with van der Waals surface area (Å²) in [6.07, 6.45) is 2.46. The molecule has 1 heterocycles. The zero-order valence-electron chi connectivity index (χ0n) is 11.9. The van der Waals surface area contributed by atoms with E-state index in [1.807, 2.05) is 25.1 Å². The smallest absolute Gasteiger partial charge is 0.245 e. The molecule has 110 valence electrons. The molecule has 0 unspecified atom stereocenters. The van der Waals surface area contributed by atoms with Crippen molar-refractivity contribution in [2.24, 2.45) is 0 Å². The lowest BCUT2D eigenvalue weighted by molar-refractivity contribution is 0.418. The molecular weight excluding hydrogens is 286 g/mol. The van der Waals surface area contributed by atoms with Crippen LogP contribution in [-0.2, 0) is 10.0 Å². The van der Waals surface area contributed by atoms with Gasteiger partial charge in [-0.05, 0) is 18.6 Å². The van der Waals surface area contributed by atoms with Gasteiger partial charge in [0.2, 0.25) is 10.0 Å². The van der Waals surface area contributed by atoms with E-state index in [9.17, 15) is 8.42 Å². The van der Waals surface area contributed by atoms with E-state index < -0.39 is 10.0 Å². The molecule has 6 heteroatoms. The normalized spacial score (nSPS) is 11.7. The summed E-state index contributed by atoms with van der Waals surface area (Å²) in [4.78, 5) is 4.40. The molecule has 0 bridgehead atoms. The van der Waals surface area contributed by atoms with E-state index in [-0.39, 0.29) is 17.9 Å². The molecule has 0 amide bonds. The third-order valence-corrected chi connectivity index (χ3v) is 5.09. The predicted molar refractivity (Wildman–Crippen MR) is 81.0 cm³/mol. The van der Waals surface area contributed by atoms with Gasteiger partial charge in [0.1, 0.15) is 4.90 Å². The molecule has 5 nitrogen and oxygen atoms in total. The molecule has 1 aromatic carbocycles. The third-order valence-electron chi connectivity index (χ3n) is 3.16. The molecule has 0 N–H and O–H groups in total. The fraction of sp³-hybridized carbons (Fsp3) is 0.333. The zero-order valence-corrected chi connectivity index (χ0v) is 12.7. The number of para-hydroxylation sites is 1. The number of nitrogens with zero attached hydrogens (tertiary/aromatic N) is 3. The Morgan fingerprint density at radius 2 is 2.00 bits per heavy atom. The van der Waals surface area contributed by atoms with Gasteiger partial charge in [-0.25, -0.2) is 8.42 Å². The first kappa shape index (κ1) is 15.4. The van der Waals surface area contributed by atoms with Crippen molar-refractivity contribution in [3.63, 3.8) is 0 Å². The van der Waals surface area contributed by atoms with Crippen molar-refractivity contribution in [3.05, 3.63) is 36.5 Å². The highest BCUT2D eigenvalue weighted by Crippen LogP contribution is 2.24. The molecule has 0 fully saturated rings. The van der Waals surface area contributed by atoms with Crippen LogP contribution in [0.4, 0.5) is 0 Å². The Morgan fingerprint density at radius 3 is 2.71 bits per heavy atom. The second-order valence-electron chi connectivity index (χ2n) is 4.64. The maximum atomic E-state index is 12.8. The number of aromatic nitrogens is 1. The summed E-state index contributed by atoms with van der Waals surface area (Å²) in [5.74, 6) is 0. The number of hydrogen-bond donors (Lipinski definition) is 0. The third kappa shape index (κ3) is 3.20. The average molecular weight is 303 g/mol. The van der Waals surface area contributed by atoms with Gasteiger partial charge in [-0.3, -0.25) is 4.98 Å². The van der Waals surface area contributed by atoms with Crippen LogP contribution >= 0.6 is 0 Å². The molecule has 0 saturated heterocycles. The van der Waals surface area contributed by atoms with Crippen LogP contribution in [0.1, 0.15) is 19.8 Å². The SMILES string of the molecule is CCCN(CCC#N)S(=O)(=O)c1cccc2cccnc12. The van der Waals surface area contributed by atoms with Crippen molar-refractivity contribution in [2.75, 3.05) is 13.1 Å². The molecule has 0 aliphatic heterocycles. The maximum absolute atomic E-state index is 12.8. The van der Waals surface area contributed by atoms with Crippen molar-refractivity contribution >= 4 is 20.9 Å². The molecule has 2 aromatic rings. The largest absolute Gasteiger partial charge is 0.255 e. The molecule has 0 spiro atoms. The zero-order chi connectivity index (χ0) is 15.3. The van der Waals surface area contributed by atoms with Crippen molar-refractivity contribution in [1.82, 2.24) is 9.29 Å². The molecule has 0 aliphatic carbocycles. The van der Waals surface area contributed by atoms with Crippen LogP contribution in [0.15, 0.2) is 41.4 Å². The van der Waals surface area contributed by atoms with Gasteiger partial charge in [-0.15, -0.1) is 0 Å². The van der Waals surface area contributed by atoms with Crippen molar-refractivity contribution in [2.45, 2.75) is 24.7 Å². The lowest BCUT2D eigenvalue weighted by Crippen LogP contribution is -2.32. The van der Waals surface area contributed by atoms with E-state index in [1.165, 1.54) is 4.31 Å². The second-order valence-corrected chi connectivity index (χ2v) is 6.55. The number of fused-ring (bicyclic) bond motifs is 1. The molecule has 0 atom stereocenters. The number of hydrogen-bond acceptors (Lipinski definition) is 4. The highest BCUT2D eigenvalue weighted by atomic mass is 32.2. The molecule has 0 saturated carbocycles. The van der Waals surface area contributed by atoms with E-state index in [1.54, 1.807) is 24.4 Å². The van der Waals surface area contributed by atoms with Gasteiger partial charge in [-0.2, -0.15) is 9.57 Å². The van der Waals surface area contributed by atoms with E-state index in [4.69, 9.17) is 5.26 Å². The minimum absolute atomic E-state index is 0.178. The topological polar surface area (TPSA) is 74.1 Å². The van der Waals surface area contributed by atoms with Gasteiger partial charge >= 0.3 is 0 Å². The summed E-state index contributed by atoms with van der Waals surface area (Å²) in [6.45, 7) is 2.51. The minimum Gasteiger partial charge on any atom is -0.255 e. The lowest BCUT2D eigenvalue weighted by Gasteiger charge is -2.21. The Kier molecular flexibility index (Phi) is 4.89. The summed E-state index contributed by atoms with van der Waals surface area (Å²) in [7, 11) is -3.64. The Labute approximate surface area is 124 Å². The number of sulfonamides is 1. The predicted octanol–water partition coefficient (Wildman–Crippen LogP) is 2.55. The number of pyridine rings is 1. The molecule has 2 rings (SSSR count). The summed E-state index contributed by atoms with van der Waals surface area (Å²) in [5.41, 5.74) is 0.470. The monoisotopic (exact) mass is 303 g/mol.